The summed E-state index contributed by atoms with van der Waals surface area (Å²) in [5, 5.41) is 35.1. The van der Waals surface area contributed by atoms with Crippen LogP contribution in [-0.2, 0) is 59.0 Å². The van der Waals surface area contributed by atoms with Gasteiger partial charge in [-0.15, -0.1) is 15.7 Å². The van der Waals surface area contributed by atoms with Crippen LogP contribution in [-0.4, -0.2) is 37.0 Å². The predicted molar refractivity (Wildman–Crippen MR) is 112 cm³/mol. The number of nitrogens with two attached hydrogens (primary N) is 1. The van der Waals surface area contributed by atoms with Crippen LogP contribution in [0.2, 0.25) is 0 Å². The Hall–Kier alpha value is -1.69. The number of aryl methyl sites for hydroxylation is 2. The van der Waals surface area contributed by atoms with Crippen LogP contribution in [0, 0.1) is 0 Å². The molecular formula is C20H25N3O5S2. The Bertz CT molecular complexity index is 1150. The first-order chi connectivity index (χ1) is 14.2. The second-order valence-corrected chi connectivity index (χ2v) is 11.0. The summed E-state index contributed by atoms with van der Waals surface area (Å²) in [6, 6.07) is 2.25. The molecule has 2 aromatic rings. The summed E-state index contributed by atoms with van der Waals surface area (Å²) in [4.78, 5) is 16.8. The zero-order valence-electron chi connectivity index (χ0n) is 16.7. The first kappa shape index (κ1) is 21.5. The van der Waals surface area contributed by atoms with Gasteiger partial charge in [0.2, 0.25) is 0 Å². The van der Waals surface area contributed by atoms with Crippen LogP contribution < -0.4 is 5.14 Å². The SMILES string of the molecule is CC(O)(CO)c1nc(CO)c(S(N)(=O)=NC(=O)Cc2c3c(cc4c2CC4)CCC3)s1. The van der Waals surface area contributed by atoms with Gasteiger partial charge in [0.15, 0.2) is 9.92 Å². The van der Waals surface area contributed by atoms with Crippen molar-refractivity contribution < 1.29 is 24.3 Å². The van der Waals surface area contributed by atoms with Gasteiger partial charge in [-0.3, -0.25) is 4.79 Å². The summed E-state index contributed by atoms with van der Waals surface area (Å²) in [6.07, 6.45) is 5.02. The number of hydrogen-bond acceptors (Lipinski definition) is 7. The number of rotatable bonds is 6. The van der Waals surface area contributed by atoms with E-state index >= 15 is 0 Å². The van der Waals surface area contributed by atoms with E-state index < -0.39 is 34.6 Å². The summed E-state index contributed by atoms with van der Waals surface area (Å²) < 4.78 is 16.8. The first-order valence-corrected chi connectivity index (χ1v) is 12.2. The van der Waals surface area contributed by atoms with Crippen LogP contribution in [0.25, 0.3) is 0 Å². The third-order valence-electron chi connectivity index (χ3n) is 5.78. The maximum absolute atomic E-state index is 13.1. The molecule has 30 heavy (non-hydrogen) atoms. The van der Waals surface area contributed by atoms with Crippen LogP contribution in [0.15, 0.2) is 14.6 Å². The molecule has 0 aliphatic heterocycles. The molecule has 162 valence electrons. The van der Waals surface area contributed by atoms with Crippen LogP contribution in [0.5, 0.6) is 0 Å². The molecule has 0 radical (unpaired) electrons. The van der Waals surface area contributed by atoms with E-state index in [4.69, 9.17) is 5.14 Å². The van der Waals surface area contributed by atoms with Gasteiger partial charge in [0.05, 0.1) is 25.3 Å². The van der Waals surface area contributed by atoms with Crippen LogP contribution in [0.1, 0.15) is 51.9 Å². The number of nitrogens with zero attached hydrogens (tertiary/aromatic N) is 2. The van der Waals surface area contributed by atoms with E-state index in [-0.39, 0.29) is 21.3 Å². The quantitative estimate of drug-likeness (QED) is 0.513. The molecule has 1 aromatic heterocycles. The second kappa shape index (κ2) is 7.77. The molecule has 2 atom stereocenters. The lowest BCUT2D eigenvalue weighted by Gasteiger charge is -2.25. The molecule has 0 spiro atoms. The molecule has 2 aliphatic carbocycles. The Morgan fingerprint density at radius 2 is 1.97 bits per heavy atom. The Morgan fingerprint density at radius 3 is 2.60 bits per heavy atom. The third kappa shape index (κ3) is 3.72. The molecule has 2 unspecified atom stereocenters. The summed E-state index contributed by atoms with van der Waals surface area (Å²) in [5.41, 5.74) is 4.31. The van der Waals surface area contributed by atoms with Gasteiger partial charge in [0.1, 0.15) is 14.8 Å². The number of fused-ring (bicyclic) bond motifs is 2. The molecule has 0 fully saturated rings. The number of benzene rings is 1. The highest BCUT2D eigenvalue weighted by Gasteiger charge is 2.31. The van der Waals surface area contributed by atoms with E-state index in [2.05, 4.69) is 15.4 Å². The van der Waals surface area contributed by atoms with Crippen molar-refractivity contribution in [2.24, 2.45) is 9.50 Å². The van der Waals surface area contributed by atoms with Gasteiger partial charge in [-0.2, -0.15) is 0 Å². The van der Waals surface area contributed by atoms with Crippen molar-refractivity contribution in [3.8, 4) is 0 Å². The van der Waals surface area contributed by atoms with Crippen molar-refractivity contribution in [3.05, 3.63) is 44.6 Å². The van der Waals surface area contributed by atoms with Crippen molar-refractivity contribution in [2.75, 3.05) is 6.61 Å². The van der Waals surface area contributed by atoms with Crippen LogP contribution >= 0.6 is 11.3 Å². The highest BCUT2D eigenvalue weighted by molar-refractivity contribution is 7.93. The molecule has 5 N–H and O–H groups in total. The fraction of sp³-hybridized carbons (Fsp3) is 0.500. The lowest BCUT2D eigenvalue weighted by atomic mass is 9.80. The minimum absolute atomic E-state index is 0.0162. The Balaban J connectivity index is 1.67. The van der Waals surface area contributed by atoms with E-state index in [0.717, 1.165) is 49.0 Å². The molecule has 8 nitrogen and oxygen atoms in total. The molecule has 4 rings (SSSR count). The normalized spacial score (nSPS) is 18.7. The number of amides is 1. The maximum atomic E-state index is 13.1. The molecule has 2 aliphatic rings. The number of carbonyl (C=O) groups is 1. The monoisotopic (exact) mass is 451 g/mol. The number of aliphatic hydroxyl groups is 3. The molecule has 1 heterocycles. The Labute approximate surface area is 179 Å². The van der Waals surface area contributed by atoms with Gasteiger partial charge >= 0.3 is 0 Å². The first-order valence-electron chi connectivity index (χ1n) is 9.83. The van der Waals surface area contributed by atoms with Crippen molar-refractivity contribution in [1.29, 1.82) is 0 Å². The van der Waals surface area contributed by atoms with Gasteiger partial charge in [-0.05, 0) is 66.8 Å². The molecule has 0 saturated heterocycles. The highest BCUT2D eigenvalue weighted by Crippen LogP contribution is 2.37. The topological polar surface area (TPSA) is 146 Å². The Kier molecular flexibility index (Phi) is 5.58. The van der Waals surface area contributed by atoms with Crippen LogP contribution in [0.3, 0.4) is 0 Å². The smallest absolute Gasteiger partial charge is 0.259 e. The van der Waals surface area contributed by atoms with E-state index in [9.17, 15) is 24.3 Å². The number of hydrogen-bond donors (Lipinski definition) is 4. The number of thiazole rings is 1. The van der Waals surface area contributed by atoms with E-state index in [1.54, 1.807) is 0 Å². The molecule has 10 heteroatoms. The van der Waals surface area contributed by atoms with Gasteiger partial charge < -0.3 is 15.3 Å². The van der Waals surface area contributed by atoms with Gasteiger partial charge in [-0.25, -0.2) is 14.3 Å². The molecule has 0 bridgehead atoms. The molecular weight excluding hydrogens is 426 g/mol. The average Bonchev–Trinajstić information content (AvgIpc) is 3.31. The fourth-order valence-corrected chi connectivity index (χ4v) is 6.68. The average molecular weight is 452 g/mol. The lowest BCUT2D eigenvalue weighted by Crippen LogP contribution is -2.25. The van der Waals surface area contributed by atoms with E-state index in [0.29, 0.717) is 0 Å². The lowest BCUT2D eigenvalue weighted by molar-refractivity contribution is -0.117. The highest BCUT2D eigenvalue weighted by atomic mass is 32.2. The minimum Gasteiger partial charge on any atom is -0.393 e. The van der Waals surface area contributed by atoms with Crippen molar-refractivity contribution >= 4 is 27.2 Å². The minimum atomic E-state index is -3.66. The zero-order chi connectivity index (χ0) is 21.7. The summed E-state index contributed by atoms with van der Waals surface area (Å²) in [5.74, 6) is -0.579. The van der Waals surface area contributed by atoms with Crippen molar-refractivity contribution in [2.45, 2.75) is 61.9 Å². The van der Waals surface area contributed by atoms with Gasteiger partial charge in [-0.1, -0.05) is 6.07 Å². The molecule has 1 aromatic carbocycles. The second-order valence-electron chi connectivity index (χ2n) is 8.06. The van der Waals surface area contributed by atoms with Crippen molar-refractivity contribution in [3.63, 3.8) is 0 Å². The zero-order valence-corrected chi connectivity index (χ0v) is 18.3. The number of carbonyl (C=O) groups excluding carboxylic acids is 1. The van der Waals surface area contributed by atoms with Gasteiger partial charge in [0, 0.05) is 0 Å². The standard InChI is InChI=1S/C20H25N3O5S2/c1-20(27,10-25)19-22-16(9-24)18(29-19)30(21,28)23-17(26)8-15-13-4-2-3-11(13)7-12-5-6-14(12)15/h7,24-25,27H,2-6,8-10H2,1H3,(H2,21,23,26,28). The summed E-state index contributed by atoms with van der Waals surface area (Å²) >= 11 is 0.780. The van der Waals surface area contributed by atoms with Gasteiger partial charge in [0.25, 0.3) is 5.91 Å². The summed E-state index contributed by atoms with van der Waals surface area (Å²) in [6.45, 7) is 0.146. The largest absolute Gasteiger partial charge is 0.393 e. The number of aliphatic hydroxyl groups excluding tert-OH is 2. The predicted octanol–water partition coefficient (Wildman–Crippen LogP) is 0.892. The molecule has 0 saturated carbocycles. The van der Waals surface area contributed by atoms with E-state index in [1.165, 1.54) is 29.2 Å². The third-order valence-corrected chi connectivity index (χ3v) is 9.13. The van der Waals surface area contributed by atoms with E-state index in [1.807, 2.05) is 0 Å². The van der Waals surface area contributed by atoms with Crippen LogP contribution in [0.4, 0.5) is 0 Å². The fourth-order valence-electron chi connectivity index (χ4n) is 4.12. The summed E-state index contributed by atoms with van der Waals surface area (Å²) in [7, 11) is -3.66. The maximum Gasteiger partial charge on any atom is 0.259 e. The molecule has 1 amide bonds. The Morgan fingerprint density at radius 1 is 1.27 bits per heavy atom. The number of aromatic nitrogens is 1. The van der Waals surface area contributed by atoms with Crippen molar-refractivity contribution in [1.82, 2.24) is 4.98 Å².